The summed E-state index contributed by atoms with van der Waals surface area (Å²) in [6.45, 7) is 0. The summed E-state index contributed by atoms with van der Waals surface area (Å²) in [5.41, 5.74) is 5.95. The molecule has 1 aromatic rings. The Kier molecular flexibility index (Phi) is 2.41. The van der Waals surface area contributed by atoms with Crippen LogP contribution in [0, 0.1) is 0 Å². The second kappa shape index (κ2) is 3.57. The van der Waals surface area contributed by atoms with Gasteiger partial charge in [-0.25, -0.2) is 0 Å². The summed E-state index contributed by atoms with van der Waals surface area (Å²) in [5.74, 6) is 1.58. The van der Waals surface area contributed by atoms with Crippen LogP contribution in [0.25, 0.3) is 0 Å². The standard InChI is InChI=1S/C9H16N4O/c1-13(2)9-11-8(14-12-9)6-4-3-5-7(6)10/h6-7H,3-5,10H2,1-2H3. The number of hydrogen-bond acceptors (Lipinski definition) is 5. The van der Waals surface area contributed by atoms with Crippen LogP contribution in [0.5, 0.6) is 0 Å². The minimum Gasteiger partial charge on any atom is -0.344 e. The van der Waals surface area contributed by atoms with E-state index in [1.807, 2.05) is 19.0 Å². The fourth-order valence-electron chi connectivity index (χ4n) is 1.85. The van der Waals surface area contributed by atoms with Gasteiger partial charge in [0, 0.05) is 20.1 Å². The van der Waals surface area contributed by atoms with Gasteiger partial charge in [-0.1, -0.05) is 6.42 Å². The Morgan fingerprint density at radius 1 is 1.43 bits per heavy atom. The van der Waals surface area contributed by atoms with E-state index < -0.39 is 0 Å². The molecule has 5 nitrogen and oxygen atoms in total. The highest BCUT2D eigenvalue weighted by molar-refractivity contribution is 5.24. The van der Waals surface area contributed by atoms with Gasteiger partial charge < -0.3 is 15.2 Å². The highest BCUT2D eigenvalue weighted by atomic mass is 16.5. The van der Waals surface area contributed by atoms with Crippen LogP contribution in [0.2, 0.25) is 0 Å². The number of hydrogen-bond donors (Lipinski definition) is 1. The molecule has 1 aliphatic carbocycles. The first-order chi connectivity index (χ1) is 6.68. The van der Waals surface area contributed by atoms with Gasteiger partial charge in [0.05, 0.1) is 5.92 Å². The molecule has 0 bridgehead atoms. The Morgan fingerprint density at radius 2 is 2.21 bits per heavy atom. The molecule has 14 heavy (non-hydrogen) atoms. The van der Waals surface area contributed by atoms with E-state index in [0.29, 0.717) is 11.8 Å². The van der Waals surface area contributed by atoms with Gasteiger partial charge in [-0.05, 0) is 18.0 Å². The lowest BCUT2D eigenvalue weighted by atomic mass is 10.1. The summed E-state index contributed by atoms with van der Waals surface area (Å²) in [6, 6.07) is 0.186. The molecule has 2 atom stereocenters. The molecule has 0 amide bonds. The van der Waals surface area contributed by atoms with Crippen LogP contribution in [0.1, 0.15) is 31.1 Å². The first-order valence-electron chi connectivity index (χ1n) is 4.95. The Labute approximate surface area is 83.3 Å². The average molecular weight is 196 g/mol. The number of anilines is 1. The lowest BCUT2D eigenvalue weighted by molar-refractivity contribution is 0.345. The summed E-state index contributed by atoms with van der Waals surface area (Å²) in [7, 11) is 3.78. The molecule has 1 saturated carbocycles. The number of nitrogens with two attached hydrogens (primary N) is 1. The zero-order valence-corrected chi connectivity index (χ0v) is 8.60. The van der Waals surface area contributed by atoms with Gasteiger partial charge in [0.15, 0.2) is 0 Å². The highest BCUT2D eigenvalue weighted by Gasteiger charge is 2.30. The second-order valence-electron chi connectivity index (χ2n) is 4.03. The quantitative estimate of drug-likeness (QED) is 0.755. The van der Waals surface area contributed by atoms with Crippen molar-refractivity contribution >= 4 is 5.95 Å². The van der Waals surface area contributed by atoms with Gasteiger partial charge in [0.25, 0.3) is 5.95 Å². The largest absolute Gasteiger partial charge is 0.344 e. The summed E-state index contributed by atoms with van der Waals surface area (Å²) in [4.78, 5) is 6.14. The summed E-state index contributed by atoms with van der Waals surface area (Å²) < 4.78 is 5.20. The van der Waals surface area contributed by atoms with Gasteiger partial charge in [-0.15, -0.1) is 0 Å². The Morgan fingerprint density at radius 3 is 2.71 bits per heavy atom. The molecular formula is C9H16N4O. The average Bonchev–Trinajstić information content (AvgIpc) is 2.71. The lowest BCUT2D eigenvalue weighted by Gasteiger charge is -2.09. The first-order valence-corrected chi connectivity index (χ1v) is 4.95. The van der Waals surface area contributed by atoms with E-state index in [0.717, 1.165) is 19.3 Å². The molecule has 5 heteroatoms. The highest BCUT2D eigenvalue weighted by Crippen LogP contribution is 2.32. The molecule has 1 aromatic heterocycles. The third kappa shape index (κ3) is 1.59. The fourth-order valence-corrected chi connectivity index (χ4v) is 1.85. The van der Waals surface area contributed by atoms with E-state index in [-0.39, 0.29) is 12.0 Å². The van der Waals surface area contributed by atoms with Crippen molar-refractivity contribution < 1.29 is 4.52 Å². The van der Waals surface area contributed by atoms with Gasteiger partial charge in [0.2, 0.25) is 5.89 Å². The topological polar surface area (TPSA) is 68.2 Å². The summed E-state index contributed by atoms with van der Waals surface area (Å²) in [5, 5.41) is 3.88. The van der Waals surface area contributed by atoms with Gasteiger partial charge in [0.1, 0.15) is 0 Å². The molecule has 1 aliphatic rings. The van der Waals surface area contributed by atoms with Crippen molar-refractivity contribution in [2.24, 2.45) is 5.73 Å². The van der Waals surface area contributed by atoms with Crippen LogP contribution in [-0.2, 0) is 0 Å². The normalized spacial score (nSPS) is 26.8. The Bertz CT molecular complexity index is 310. The molecule has 0 aromatic carbocycles. The molecule has 1 heterocycles. The van der Waals surface area contributed by atoms with E-state index >= 15 is 0 Å². The molecule has 1 fully saturated rings. The summed E-state index contributed by atoms with van der Waals surface area (Å²) in [6.07, 6.45) is 3.28. The predicted octanol–water partition coefficient (Wildman–Crippen LogP) is 0.730. The molecule has 0 saturated heterocycles. The number of nitrogens with zero attached hydrogens (tertiary/aromatic N) is 3. The third-order valence-electron chi connectivity index (χ3n) is 2.72. The predicted molar refractivity (Wildman–Crippen MR) is 53.2 cm³/mol. The zero-order valence-electron chi connectivity index (χ0n) is 8.60. The molecule has 0 radical (unpaired) electrons. The zero-order chi connectivity index (χ0) is 10.1. The van der Waals surface area contributed by atoms with Crippen LogP contribution in [0.3, 0.4) is 0 Å². The van der Waals surface area contributed by atoms with E-state index in [1.54, 1.807) is 0 Å². The van der Waals surface area contributed by atoms with Gasteiger partial charge in [-0.2, -0.15) is 4.98 Å². The maximum atomic E-state index is 5.95. The molecule has 2 rings (SSSR count). The summed E-state index contributed by atoms with van der Waals surface area (Å²) >= 11 is 0. The van der Waals surface area contributed by atoms with Crippen molar-refractivity contribution in [2.75, 3.05) is 19.0 Å². The minimum atomic E-state index is 0.186. The number of rotatable bonds is 2. The smallest absolute Gasteiger partial charge is 0.265 e. The molecule has 2 unspecified atom stereocenters. The van der Waals surface area contributed by atoms with Crippen molar-refractivity contribution in [2.45, 2.75) is 31.2 Å². The van der Waals surface area contributed by atoms with Crippen molar-refractivity contribution in [1.82, 2.24) is 10.1 Å². The molecular weight excluding hydrogens is 180 g/mol. The van der Waals surface area contributed by atoms with Crippen LogP contribution in [0.4, 0.5) is 5.95 Å². The molecule has 78 valence electrons. The van der Waals surface area contributed by atoms with Crippen LogP contribution in [0.15, 0.2) is 4.52 Å². The SMILES string of the molecule is CN(C)c1noc(C2CCCC2N)n1. The molecule has 0 spiro atoms. The maximum absolute atomic E-state index is 5.95. The van der Waals surface area contributed by atoms with E-state index in [4.69, 9.17) is 10.3 Å². The fraction of sp³-hybridized carbons (Fsp3) is 0.778. The van der Waals surface area contributed by atoms with Crippen molar-refractivity contribution in [3.63, 3.8) is 0 Å². The van der Waals surface area contributed by atoms with Gasteiger partial charge >= 0.3 is 0 Å². The van der Waals surface area contributed by atoms with Crippen LogP contribution in [-0.4, -0.2) is 30.3 Å². The molecule has 2 N–H and O–H groups in total. The Balaban J connectivity index is 2.16. The van der Waals surface area contributed by atoms with Crippen molar-refractivity contribution in [1.29, 1.82) is 0 Å². The van der Waals surface area contributed by atoms with E-state index in [1.165, 1.54) is 0 Å². The molecule has 0 aliphatic heterocycles. The second-order valence-corrected chi connectivity index (χ2v) is 4.03. The third-order valence-corrected chi connectivity index (χ3v) is 2.72. The van der Waals surface area contributed by atoms with Crippen LogP contribution >= 0.6 is 0 Å². The minimum absolute atomic E-state index is 0.186. The van der Waals surface area contributed by atoms with Gasteiger partial charge in [-0.3, -0.25) is 0 Å². The monoisotopic (exact) mass is 196 g/mol. The van der Waals surface area contributed by atoms with E-state index in [9.17, 15) is 0 Å². The van der Waals surface area contributed by atoms with E-state index in [2.05, 4.69) is 10.1 Å². The lowest BCUT2D eigenvalue weighted by Crippen LogP contribution is -2.23. The Hall–Kier alpha value is -1.10. The number of aromatic nitrogens is 2. The van der Waals surface area contributed by atoms with Crippen LogP contribution < -0.4 is 10.6 Å². The first kappa shape index (κ1) is 9.45. The van der Waals surface area contributed by atoms with Crippen molar-refractivity contribution in [3.8, 4) is 0 Å². The maximum Gasteiger partial charge on any atom is 0.265 e. The van der Waals surface area contributed by atoms with Crippen molar-refractivity contribution in [3.05, 3.63) is 5.89 Å².